The molecule has 0 saturated heterocycles. The van der Waals surface area contributed by atoms with Crippen LogP contribution in [0.25, 0.3) is 0 Å². The van der Waals surface area contributed by atoms with Gasteiger partial charge < -0.3 is 15.4 Å². The van der Waals surface area contributed by atoms with Crippen LogP contribution in [0.3, 0.4) is 0 Å². The fourth-order valence-corrected chi connectivity index (χ4v) is 4.51. The van der Waals surface area contributed by atoms with Gasteiger partial charge in [-0.1, -0.05) is 12.1 Å². The first kappa shape index (κ1) is 24.0. The van der Waals surface area contributed by atoms with Crippen molar-refractivity contribution in [3.8, 4) is 5.75 Å². The molecule has 2 N–H and O–H groups in total. The Morgan fingerprint density at radius 2 is 2.00 bits per heavy atom. The molecule has 1 fully saturated rings. The van der Waals surface area contributed by atoms with Gasteiger partial charge in [0.15, 0.2) is 5.96 Å². The molecular weight excluding hydrogens is 477 g/mol. The third kappa shape index (κ3) is 8.25. The van der Waals surface area contributed by atoms with Gasteiger partial charge in [-0.05, 0) is 50.3 Å². The Labute approximate surface area is 180 Å². The van der Waals surface area contributed by atoms with E-state index in [1.165, 1.54) is 11.8 Å². The summed E-state index contributed by atoms with van der Waals surface area (Å²) < 4.78 is 28.5. The Morgan fingerprint density at radius 1 is 1.30 bits per heavy atom. The summed E-state index contributed by atoms with van der Waals surface area (Å²) in [6, 6.07) is 6.23. The maximum absolute atomic E-state index is 11.6. The minimum Gasteiger partial charge on any atom is -0.496 e. The van der Waals surface area contributed by atoms with E-state index in [1.807, 2.05) is 13.8 Å². The first-order valence-electron chi connectivity index (χ1n) is 9.10. The molecule has 1 aromatic rings. The third-order valence-corrected chi connectivity index (χ3v) is 5.76. The molecule has 0 aliphatic heterocycles. The van der Waals surface area contributed by atoms with Gasteiger partial charge in [0.2, 0.25) is 0 Å². The summed E-state index contributed by atoms with van der Waals surface area (Å²) in [5, 5.41) is 6.56. The maximum Gasteiger partial charge on any atom is 0.191 e. The van der Waals surface area contributed by atoms with Crippen LogP contribution in [-0.2, 0) is 16.3 Å². The standard InChI is InChI=1S/C19H31N3O3S.HI/c1-5-20-18(22-13-19(9-10-19)14-26(4,23)24)21-11-8-16-7-6-15(2)17(12-16)25-3;/h6-7,12H,5,8-11,13-14H2,1-4H3,(H2,20,21,22);1H. The largest absolute Gasteiger partial charge is 0.496 e. The Bertz CT molecular complexity index is 747. The minimum atomic E-state index is -2.96. The highest BCUT2D eigenvalue weighted by Gasteiger charge is 2.45. The van der Waals surface area contributed by atoms with E-state index in [0.717, 1.165) is 49.6 Å². The van der Waals surface area contributed by atoms with Gasteiger partial charge in [0.1, 0.15) is 15.6 Å². The maximum atomic E-state index is 11.6. The van der Waals surface area contributed by atoms with Gasteiger partial charge in [-0.25, -0.2) is 8.42 Å². The molecule has 8 heteroatoms. The lowest BCUT2D eigenvalue weighted by atomic mass is 10.1. The summed E-state index contributed by atoms with van der Waals surface area (Å²) in [5.74, 6) is 1.87. The smallest absolute Gasteiger partial charge is 0.191 e. The number of halogens is 1. The number of benzene rings is 1. The molecule has 27 heavy (non-hydrogen) atoms. The van der Waals surface area contributed by atoms with Gasteiger partial charge in [-0.15, -0.1) is 24.0 Å². The van der Waals surface area contributed by atoms with Crippen molar-refractivity contribution in [1.29, 1.82) is 0 Å². The molecule has 0 unspecified atom stereocenters. The predicted octanol–water partition coefficient (Wildman–Crippen LogP) is 2.54. The number of hydrogen-bond acceptors (Lipinski definition) is 4. The Kier molecular flexibility index (Phi) is 9.33. The quantitative estimate of drug-likeness (QED) is 0.304. The SMILES string of the molecule is CCNC(=NCC1(CS(C)(=O)=O)CC1)NCCc1ccc(C)c(OC)c1.I. The summed E-state index contributed by atoms with van der Waals surface area (Å²) >= 11 is 0. The lowest BCUT2D eigenvalue weighted by molar-refractivity contribution is 0.411. The molecule has 154 valence electrons. The number of methoxy groups -OCH3 is 1. The number of nitrogens with one attached hydrogen (secondary N) is 2. The van der Waals surface area contributed by atoms with E-state index in [9.17, 15) is 8.42 Å². The van der Waals surface area contributed by atoms with Gasteiger partial charge in [0.25, 0.3) is 0 Å². The molecule has 1 aliphatic carbocycles. The Balaban J connectivity index is 0.00000364. The molecule has 0 amide bonds. The second-order valence-electron chi connectivity index (χ2n) is 7.25. The van der Waals surface area contributed by atoms with Gasteiger partial charge in [-0.2, -0.15) is 0 Å². The fourth-order valence-electron chi connectivity index (χ4n) is 3.01. The zero-order valence-electron chi connectivity index (χ0n) is 16.7. The average Bonchev–Trinajstić information content (AvgIpc) is 3.32. The van der Waals surface area contributed by atoms with Crippen LogP contribution in [0.5, 0.6) is 5.75 Å². The molecule has 1 aliphatic rings. The van der Waals surface area contributed by atoms with E-state index < -0.39 is 9.84 Å². The molecule has 6 nitrogen and oxygen atoms in total. The molecule has 0 atom stereocenters. The summed E-state index contributed by atoms with van der Waals surface area (Å²) in [4.78, 5) is 4.62. The Morgan fingerprint density at radius 3 is 2.56 bits per heavy atom. The van der Waals surface area contributed by atoms with Crippen LogP contribution >= 0.6 is 24.0 Å². The van der Waals surface area contributed by atoms with Crippen molar-refractivity contribution in [2.75, 3.05) is 38.8 Å². The van der Waals surface area contributed by atoms with Crippen LogP contribution < -0.4 is 15.4 Å². The third-order valence-electron chi connectivity index (χ3n) is 4.62. The summed E-state index contributed by atoms with van der Waals surface area (Å²) in [6.07, 6.45) is 4.03. The molecule has 2 rings (SSSR count). The number of guanidine groups is 1. The molecule has 0 heterocycles. The molecule has 0 bridgehead atoms. The normalized spacial score (nSPS) is 15.6. The van der Waals surface area contributed by atoms with E-state index in [0.29, 0.717) is 6.54 Å². The molecule has 0 radical (unpaired) electrons. The van der Waals surface area contributed by atoms with Crippen LogP contribution in [0.2, 0.25) is 0 Å². The number of aliphatic imine (C=N–C) groups is 1. The second kappa shape index (κ2) is 10.5. The van der Waals surface area contributed by atoms with Gasteiger partial charge in [0.05, 0.1) is 12.9 Å². The Hall–Kier alpha value is -1.03. The van der Waals surface area contributed by atoms with E-state index in [4.69, 9.17) is 4.74 Å². The number of hydrogen-bond donors (Lipinski definition) is 2. The lowest BCUT2D eigenvalue weighted by Crippen LogP contribution is -2.39. The van der Waals surface area contributed by atoms with Crippen molar-refractivity contribution in [3.05, 3.63) is 29.3 Å². The number of sulfone groups is 1. The molecule has 0 spiro atoms. The number of aryl methyl sites for hydroxylation is 1. The fraction of sp³-hybridized carbons (Fsp3) is 0.632. The summed E-state index contributed by atoms with van der Waals surface area (Å²) in [5.41, 5.74) is 2.17. The van der Waals surface area contributed by atoms with Gasteiger partial charge in [0, 0.05) is 31.3 Å². The van der Waals surface area contributed by atoms with Crippen molar-refractivity contribution in [2.45, 2.75) is 33.1 Å². The molecule has 1 aromatic carbocycles. The van der Waals surface area contributed by atoms with Crippen molar-refractivity contribution in [1.82, 2.24) is 10.6 Å². The van der Waals surface area contributed by atoms with Crippen molar-refractivity contribution in [2.24, 2.45) is 10.4 Å². The van der Waals surface area contributed by atoms with E-state index in [2.05, 4.69) is 33.8 Å². The second-order valence-corrected chi connectivity index (χ2v) is 9.39. The predicted molar refractivity (Wildman–Crippen MR) is 122 cm³/mol. The first-order chi connectivity index (χ1) is 12.3. The van der Waals surface area contributed by atoms with Crippen LogP contribution in [0.15, 0.2) is 23.2 Å². The van der Waals surface area contributed by atoms with Gasteiger partial charge >= 0.3 is 0 Å². The van der Waals surface area contributed by atoms with Crippen molar-refractivity contribution in [3.63, 3.8) is 0 Å². The highest BCUT2D eigenvalue weighted by Crippen LogP contribution is 2.46. The topological polar surface area (TPSA) is 79.8 Å². The van der Waals surface area contributed by atoms with Crippen LogP contribution in [-0.4, -0.2) is 53.1 Å². The average molecular weight is 509 g/mol. The number of nitrogens with zero attached hydrogens (tertiary/aromatic N) is 1. The minimum absolute atomic E-state index is 0. The van der Waals surface area contributed by atoms with E-state index in [-0.39, 0.29) is 35.1 Å². The summed E-state index contributed by atoms with van der Waals surface area (Å²) in [6.45, 7) is 6.11. The number of ether oxygens (including phenoxy) is 1. The van der Waals surface area contributed by atoms with E-state index in [1.54, 1.807) is 7.11 Å². The van der Waals surface area contributed by atoms with Crippen LogP contribution in [0.1, 0.15) is 30.9 Å². The zero-order valence-corrected chi connectivity index (χ0v) is 19.8. The van der Waals surface area contributed by atoms with Gasteiger partial charge in [-0.3, -0.25) is 4.99 Å². The van der Waals surface area contributed by atoms with Crippen molar-refractivity contribution < 1.29 is 13.2 Å². The van der Waals surface area contributed by atoms with Crippen LogP contribution in [0.4, 0.5) is 0 Å². The monoisotopic (exact) mass is 509 g/mol. The van der Waals surface area contributed by atoms with Crippen LogP contribution in [0, 0.1) is 12.3 Å². The first-order valence-corrected chi connectivity index (χ1v) is 11.2. The summed E-state index contributed by atoms with van der Waals surface area (Å²) in [7, 11) is -1.28. The number of rotatable bonds is 9. The highest BCUT2D eigenvalue weighted by atomic mass is 127. The highest BCUT2D eigenvalue weighted by molar-refractivity contribution is 14.0. The zero-order chi connectivity index (χ0) is 19.2. The lowest BCUT2D eigenvalue weighted by Gasteiger charge is -2.15. The molecule has 1 saturated carbocycles. The van der Waals surface area contributed by atoms with E-state index >= 15 is 0 Å². The molecular formula is C19H32IN3O3S. The van der Waals surface area contributed by atoms with Crippen molar-refractivity contribution >= 4 is 39.8 Å². The molecule has 0 aromatic heterocycles.